The van der Waals surface area contributed by atoms with Crippen molar-refractivity contribution in [1.82, 2.24) is 20.4 Å². The van der Waals surface area contributed by atoms with Crippen molar-refractivity contribution in [2.24, 2.45) is 0 Å². The fourth-order valence-corrected chi connectivity index (χ4v) is 3.10. The Kier molecular flexibility index (Phi) is 5.44. The molecule has 152 valence electrons. The Bertz CT molecular complexity index is 1110. The molecule has 3 aromatic rings. The van der Waals surface area contributed by atoms with E-state index in [4.69, 9.17) is 20.9 Å². The van der Waals surface area contributed by atoms with Crippen molar-refractivity contribution < 1.29 is 23.6 Å². The van der Waals surface area contributed by atoms with Crippen LogP contribution in [0.3, 0.4) is 0 Å². The molecule has 0 atom stereocenters. The monoisotopic (exact) mass is 426 g/mol. The van der Waals surface area contributed by atoms with E-state index >= 15 is 0 Å². The lowest BCUT2D eigenvalue weighted by Gasteiger charge is -2.14. The third-order valence-corrected chi connectivity index (χ3v) is 4.62. The first-order valence-electron chi connectivity index (χ1n) is 8.93. The highest BCUT2D eigenvalue weighted by Crippen LogP contribution is 2.20. The average Bonchev–Trinajstić information content (AvgIpc) is 3.35. The standard InChI is InChI=1S/C20H15ClN4O5/c21-14-6-3-5-12(8-14)18-23-16(30-24-18)11-29-19(27)15-7-2-1-4-13(15)10-25-17(26)9-22-20(25)28/h1-8H,9-11H2,(H,22,28). The first-order valence-corrected chi connectivity index (χ1v) is 9.31. The normalized spacial score (nSPS) is 13.4. The Morgan fingerprint density at radius 2 is 2.03 bits per heavy atom. The molecule has 1 aromatic heterocycles. The van der Waals surface area contributed by atoms with Crippen molar-refractivity contribution in [1.29, 1.82) is 0 Å². The van der Waals surface area contributed by atoms with Crippen molar-refractivity contribution in [2.45, 2.75) is 13.2 Å². The van der Waals surface area contributed by atoms with E-state index in [9.17, 15) is 14.4 Å². The topological polar surface area (TPSA) is 115 Å². The van der Waals surface area contributed by atoms with Crippen LogP contribution in [0.25, 0.3) is 11.4 Å². The van der Waals surface area contributed by atoms with Gasteiger partial charge in [-0.1, -0.05) is 47.1 Å². The summed E-state index contributed by atoms with van der Waals surface area (Å²) in [7, 11) is 0. The minimum atomic E-state index is -0.639. The molecule has 0 saturated carbocycles. The predicted molar refractivity (Wildman–Crippen MR) is 104 cm³/mol. The number of halogens is 1. The van der Waals surface area contributed by atoms with Gasteiger partial charge in [0.05, 0.1) is 18.7 Å². The molecule has 1 aliphatic rings. The summed E-state index contributed by atoms with van der Waals surface area (Å²) in [6, 6.07) is 13.0. The molecule has 1 aliphatic heterocycles. The summed E-state index contributed by atoms with van der Waals surface area (Å²) in [5.41, 5.74) is 1.39. The van der Waals surface area contributed by atoms with Gasteiger partial charge < -0.3 is 14.6 Å². The second-order valence-electron chi connectivity index (χ2n) is 6.39. The Morgan fingerprint density at radius 3 is 2.80 bits per heavy atom. The van der Waals surface area contributed by atoms with Gasteiger partial charge in [0.1, 0.15) is 0 Å². The van der Waals surface area contributed by atoms with Crippen LogP contribution in [-0.4, -0.2) is 39.5 Å². The molecule has 3 amide bonds. The molecule has 1 N–H and O–H groups in total. The zero-order chi connectivity index (χ0) is 21.1. The summed E-state index contributed by atoms with van der Waals surface area (Å²) in [5, 5.41) is 6.83. The minimum Gasteiger partial charge on any atom is -0.452 e. The molecule has 2 heterocycles. The number of amides is 3. The van der Waals surface area contributed by atoms with Gasteiger partial charge in [-0.2, -0.15) is 4.98 Å². The molecule has 1 fully saturated rings. The van der Waals surface area contributed by atoms with Crippen LogP contribution < -0.4 is 5.32 Å². The van der Waals surface area contributed by atoms with Gasteiger partial charge in [-0.15, -0.1) is 0 Å². The van der Waals surface area contributed by atoms with E-state index in [0.717, 1.165) is 4.90 Å². The van der Waals surface area contributed by atoms with E-state index in [0.29, 0.717) is 22.0 Å². The molecule has 0 radical (unpaired) electrons. The molecule has 0 bridgehead atoms. The molecule has 30 heavy (non-hydrogen) atoms. The van der Waals surface area contributed by atoms with Crippen molar-refractivity contribution in [3.8, 4) is 11.4 Å². The van der Waals surface area contributed by atoms with Gasteiger partial charge in [0.25, 0.3) is 5.89 Å². The van der Waals surface area contributed by atoms with Crippen molar-refractivity contribution in [2.75, 3.05) is 6.54 Å². The summed E-state index contributed by atoms with van der Waals surface area (Å²) < 4.78 is 10.4. The van der Waals surface area contributed by atoms with E-state index in [1.807, 2.05) is 0 Å². The third-order valence-electron chi connectivity index (χ3n) is 4.38. The van der Waals surface area contributed by atoms with Gasteiger partial charge in [0, 0.05) is 10.6 Å². The fraction of sp³-hybridized carbons (Fsp3) is 0.150. The predicted octanol–water partition coefficient (Wildman–Crippen LogP) is 2.80. The SMILES string of the molecule is O=C(OCc1nc(-c2cccc(Cl)c2)no1)c1ccccc1CN1C(=O)CNC1=O. The molecule has 0 aliphatic carbocycles. The van der Waals surface area contributed by atoms with Crippen LogP contribution in [0.2, 0.25) is 5.02 Å². The van der Waals surface area contributed by atoms with Gasteiger partial charge in [-0.05, 0) is 23.8 Å². The van der Waals surface area contributed by atoms with E-state index in [-0.39, 0.29) is 37.1 Å². The second kappa shape index (κ2) is 8.34. The molecule has 2 aromatic carbocycles. The van der Waals surface area contributed by atoms with Crippen LogP contribution in [0, 0.1) is 0 Å². The highest BCUT2D eigenvalue weighted by molar-refractivity contribution is 6.30. The average molecular weight is 427 g/mol. The van der Waals surface area contributed by atoms with E-state index < -0.39 is 12.0 Å². The molecule has 9 nitrogen and oxygen atoms in total. The maximum absolute atomic E-state index is 12.6. The molecule has 4 rings (SSSR count). The van der Waals surface area contributed by atoms with Crippen LogP contribution in [0.1, 0.15) is 21.8 Å². The number of carbonyl (C=O) groups excluding carboxylic acids is 3. The Morgan fingerprint density at radius 1 is 1.20 bits per heavy atom. The summed E-state index contributed by atoms with van der Waals surface area (Å²) in [5.74, 6) is -0.560. The number of aromatic nitrogens is 2. The molecule has 1 saturated heterocycles. The maximum Gasteiger partial charge on any atom is 0.338 e. The number of hydrogen-bond acceptors (Lipinski definition) is 7. The number of carbonyl (C=O) groups is 3. The number of ether oxygens (including phenoxy) is 1. The summed E-state index contributed by atoms with van der Waals surface area (Å²) in [6.07, 6.45) is 0. The number of benzene rings is 2. The largest absolute Gasteiger partial charge is 0.452 e. The zero-order valence-corrected chi connectivity index (χ0v) is 16.3. The van der Waals surface area contributed by atoms with Gasteiger partial charge in [-0.3, -0.25) is 9.69 Å². The lowest BCUT2D eigenvalue weighted by Crippen LogP contribution is -2.31. The number of imide groups is 1. The van der Waals surface area contributed by atoms with Crippen LogP contribution in [0.15, 0.2) is 53.1 Å². The highest BCUT2D eigenvalue weighted by atomic mass is 35.5. The minimum absolute atomic E-state index is 0.0323. The van der Waals surface area contributed by atoms with Gasteiger partial charge in [0.15, 0.2) is 6.61 Å². The summed E-state index contributed by atoms with van der Waals surface area (Å²) >= 11 is 5.96. The number of esters is 1. The quantitative estimate of drug-likeness (QED) is 0.476. The fourth-order valence-electron chi connectivity index (χ4n) is 2.91. The van der Waals surface area contributed by atoms with Crippen LogP contribution >= 0.6 is 11.6 Å². The first kappa shape index (κ1) is 19.6. The number of rotatable bonds is 6. The van der Waals surface area contributed by atoms with Crippen LogP contribution in [0.4, 0.5) is 4.79 Å². The van der Waals surface area contributed by atoms with Gasteiger partial charge in [-0.25, -0.2) is 9.59 Å². The third kappa shape index (κ3) is 4.15. The van der Waals surface area contributed by atoms with Crippen molar-refractivity contribution in [3.05, 3.63) is 70.6 Å². The lowest BCUT2D eigenvalue weighted by molar-refractivity contribution is -0.125. The number of hydrogen-bond donors (Lipinski definition) is 1. The zero-order valence-electron chi connectivity index (χ0n) is 15.5. The van der Waals surface area contributed by atoms with Crippen LogP contribution in [0.5, 0.6) is 0 Å². The number of nitrogens with zero attached hydrogens (tertiary/aromatic N) is 3. The summed E-state index contributed by atoms with van der Waals surface area (Å²) in [4.78, 5) is 41.4. The molecular weight excluding hydrogens is 412 g/mol. The second-order valence-corrected chi connectivity index (χ2v) is 6.83. The Labute approximate surface area is 175 Å². The van der Waals surface area contributed by atoms with Gasteiger partial charge in [0.2, 0.25) is 11.7 Å². The molecule has 10 heteroatoms. The van der Waals surface area contributed by atoms with Gasteiger partial charge >= 0.3 is 12.0 Å². The number of urea groups is 1. The number of nitrogens with one attached hydrogen (secondary N) is 1. The first-order chi connectivity index (χ1) is 14.5. The molecular formula is C20H15ClN4O5. The highest BCUT2D eigenvalue weighted by Gasteiger charge is 2.29. The van der Waals surface area contributed by atoms with Crippen LogP contribution in [-0.2, 0) is 22.7 Å². The van der Waals surface area contributed by atoms with Crippen molar-refractivity contribution >= 4 is 29.5 Å². The molecule has 0 unspecified atom stereocenters. The van der Waals surface area contributed by atoms with Crippen molar-refractivity contribution in [3.63, 3.8) is 0 Å². The molecule has 0 spiro atoms. The maximum atomic E-state index is 12.6. The lowest BCUT2D eigenvalue weighted by atomic mass is 10.1. The smallest absolute Gasteiger partial charge is 0.338 e. The van der Waals surface area contributed by atoms with E-state index in [1.165, 1.54) is 0 Å². The Balaban J connectivity index is 1.44. The van der Waals surface area contributed by atoms with E-state index in [1.54, 1.807) is 48.5 Å². The van der Waals surface area contributed by atoms with E-state index in [2.05, 4.69) is 15.5 Å². The summed E-state index contributed by atoms with van der Waals surface area (Å²) in [6.45, 7) is -0.323. The Hall–Kier alpha value is -3.72.